The molecule has 4 nitrogen and oxygen atoms in total. The Kier molecular flexibility index (Phi) is 4.77. The smallest absolute Gasteiger partial charge is 0.341 e. The van der Waals surface area contributed by atoms with Crippen molar-refractivity contribution >= 4 is 29.6 Å². The Morgan fingerprint density at radius 3 is 2.67 bits per heavy atom. The van der Waals surface area contributed by atoms with Gasteiger partial charge in [0.2, 0.25) is 0 Å². The minimum atomic E-state index is -1.24. The van der Waals surface area contributed by atoms with Crippen LogP contribution in [-0.2, 0) is 22.4 Å². The molecule has 1 atom stereocenters. The van der Waals surface area contributed by atoms with Crippen molar-refractivity contribution in [3.63, 3.8) is 0 Å². The highest BCUT2D eigenvalue weighted by molar-refractivity contribution is 7.91. The molecule has 0 aromatic heterocycles. The summed E-state index contributed by atoms with van der Waals surface area (Å²) in [5.74, 6) is -0.535. The molecule has 0 radical (unpaired) electrons. The number of rotatable bonds is 3. The number of fused-ring (bicyclic) bond motifs is 2. The number of benzene rings is 2. The molecule has 3 rings (SSSR count). The Hall–Kier alpha value is -1.69. The molecule has 1 unspecified atom stereocenters. The Bertz CT molecular complexity index is 674. The van der Waals surface area contributed by atoms with Gasteiger partial charge in [-0.1, -0.05) is 24.3 Å². The molecule has 0 bridgehead atoms. The van der Waals surface area contributed by atoms with Crippen LogP contribution in [0, 0.1) is 0 Å². The first-order chi connectivity index (χ1) is 9.66. The first-order valence-electron chi connectivity index (χ1n) is 6.13. The van der Waals surface area contributed by atoms with Crippen LogP contribution in [0.3, 0.4) is 0 Å². The van der Waals surface area contributed by atoms with Crippen LogP contribution < -0.4 is 4.74 Å². The normalized spacial score (nSPS) is 15.4. The predicted octanol–water partition coefficient (Wildman–Crippen LogP) is 2.64. The number of carboxylic acid groups (broad SMARTS) is 1. The maximum absolute atomic E-state index is 12.5. The van der Waals surface area contributed by atoms with Gasteiger partial charge >= 0.3 is 5.97 Å². The summed E-state index contributed by atoms with van der Waals surface area (Å²) in [4.78, 5) is 12.1. The summed E-state index contributed by atoms with van der Waals surface area (Å²) in [5.41, 5.74) is 1.80. The van der Waals surface area contributed by atoms with Crippen LogP contribution >= 0.6 is 12.4 Å². The summed E-state index contributed by atoms with van der Waals surface area (Å²) in [6.45, 7) is -0.398. The quantitative estimate of drug-likeness (QED) is 0.881. The molecule has 110 valence electrons. The molecule has 1 aliphatic rings. The van der Waals surface area contributed by atoms with Crippen LogP contribution in [0.4, 0.5) is 0 Å². The van der Waals surface area contributed by atoms with Gasteiger partial charge in [-0.2, -0.15) is 0 Å². The zero-order chi connectivity index (χ0) is 14.1. The number of carbonyl (C=O) groups is 1. The molecule has 1 aliphatic heterocycles. The van der Waals surface area contributed by atoms with E-state index in [1.165, 1.54) is 0 Å². The van der Waals surface area contributed by atoms with Crippen LogP contribution in [0.1, 0.15) is 11.1 Å². The lowest BCUT2D eigenvalue weighted by Crippen LogP contribution is -2.17. The summed E-state index contributed by atoms with van der Waals surface area (Å²) in [6, 6.07) is 12.8. The van der Waals surface area contributed by atoms with Crippen molar-refractivity contribution < 1.29 is 19.2 Å². The minimum absolute atomic E-state index is 0. The number of ether oxygens (including phenoxy) is 1. The van der Waals surface area contributed by atoms with Gasteiger partial charge < -0.3 is 14.4 Å². The van der Waals surface area contributed by atoms with Gasteiger partial charge in [0.1, 0.15) is 5.75 Å². The van der Waals surface area contributed by atoms with Crippen molar-refractivity contribution in [3.8, 4) is 5.75 Å². The minimum Gasteiger partial charge on any atom is -0.606 e. The van der Waals surface area contributed by atoms with E-state index in [4.69, 9.17) is 9.84 Å². The van der Waals surface area contributed by atoms with Crippen molar-refractivity contribution in [2.45, 2.75) is 16.2 Å². The molecular formula is C15H13ClO4S. The highest BCUT2D eigenvalue weighted by Crippen LogP contribution is 2.38. The number of aliphatic carboxylic acids is 1. The maximum Gasteiger partial charge on any atom is 0.341 e. The van der Waals surface area contributed by atoms with Crippen molar-refractivity contribution in [1.82, 2.24) is 0 Å². The fraction of sp³-hybridized carbons (Fsp3) is 0.133. The predicted molar refractivity (Wildman–Crippen MR) is 80.7 cm³/mol. The maximum atomic E-state index is 12.5. The van der Waals surface area contributed by atoms with E-state index in [-0.39, 0.29) is 12.4 Å². The highest BCUT2D eigenvalue weighted by atomic mass is 35.5. The van der Waals surface area contributed by atoms with Gasteiger partial charge in [-0.3, -0.25) is 0 Å². The zero-order valence-electron chi connectivity index (χ0n) is 10.9. The van der Waals surface area contributed by atoms with Crippen molar-refractivity contribution in [3.05, 3.63) is 53.6 Å². The van der Waals surface area contributed by atoms with E-state index in [0.717, 1.165) is 16.0 Å². The van der Waals surface area contributed by atoms with Crippen LogP contribution in [0.2, 0.25) is 0 Å². The lowest BCUT2D eigenvalue weighted by molar-refractivity contribution is -0.139. The molecule has 0 saturated heterocycles. The fourth-order valence-electron chi connectivity index (χ4n) is 2.31. The van der Waals surface area contributed by atoms with Crippen LogP contribution in [-0.4, -0.2) is 22.2 Å². The third-order valence-corrected chi connectivity index (χ3v) is 4.76. The Balaban J connectivity index is 0.00000161. The van der Waals surface area contributed by atoms with E-state index in [1.54, 1.807) is 18.2 Å². The van der Waals surface area contributed by atoms with Crippen molar-refractivity contribution in [1.29, 1.82) is 0 Å². The molecule has 1 N–H and O–H groups in total. The first kappa shape index (κ1) is 15.7. The van der Waals surface area contributed by atoms with Gasteiger partial charge in [-0.05, 0) is 18.2 Å². The summed E-state index contributed by atoms with van der Waals surface area (Å²) in [6.07, 6.45) is 0.604. The van der Waals surface area contributed by atoms with E-state index in [9.17, 15) is 9.35 Å². The Morgan fingerprint density at radius 1 is 1.19 bits per heavy atom. The summed E-state index contributed by atoms with van der Waals surface area (Å²) in [5, 5.41) is 8.70. The van der Waals surface area contributed by atoms with Gasteiger partial charge in [0.15, 0.2) is 16.4 Å². The molecule has 0 spiro atoms. The second kappa shape index (κ2) is 6.39. The van der Waals surface area contributed by atoms with Crippen molar-refractivity contribution in [2.24, 2.45) is 0 Å². The van der Waals surface area contributed by atoms with Crippen molar-refractivity contribution in [2.75, 3.05) is 6.61 Å². The number of hydrogen-bond acceptors (Lipinski definition) is 3. The second-order valence-corrected chi connectivity index (χ2v) is 5.89. The SMILES string of the molecule is Cl.O=C(O)COc1cccc2c1Cc1ccccc1[S+]2[O-]. The Labute approximate surface area is 131 Å². The number of carboxylic acids is 1. The molecular weight excluding hydrogens is 312 g/mol. The monoisotopic (exact) mass is 324 g/mol. The fourth-order valence-corrected chi connectivity index (χ4v) is 3.72. The number of halogens is 1. The van der Waals surface area contributed by atoms with E-state index < -0.39 is 23.8 Å². The summed E-state index contributed by atoms with van der Waals surface area (Å²) < 4.78 is 17.8. The van der Waals surface area contributed by atoms with E-state index >= 15 is 0 Å². The molecule has 0 fully saturated rings. The van der Waals surface area contributed by atoms with E-state index in [0.29, 0.717) is 17.1 Å². The zero-order valence-corrected chi connectivity index (χ0v) is 12.6. The lowest BCUT2D eigenvalue weighted by atomic mass is 10.0. The highest BCUT2D eigenvalue weighted by Gasteiger charge is 2.30. The molecule has 0 amide bonds. The van der Waals surface area contributed by atoms with Gasteiger partial charge in [0.25, 0.3) is 0 Å². The molecule has 2 aromatic carbocycles. The third-order valence-electron chi connectivity index (χ3n) is 3.18. The lowest BCUT2D eigenvalue weighted by Gasteiger charge is -2.23. The first-order valence-corrected chi connectivity index (χ1v) is 7.28. The average Bonchev–Trinajstić information content (AvgIpc) is 2.45. The van der Waals surface area contributed by atoms with E-state index in [1.807, 2.05) is 24.3 Å². The summed E-state index contributed by atoms with van der Waals surface area (Å²) >= 11 is -1.24. The largest absolute Gasteiger partial charge is 0.606 e. The molecule has 0 aliphatic carbocycles. The van der Waals surface area contributed by atoms with Crippen LogP contribution in [0.5, 0.6) is 5.75 Å². The molecule has 2 aromatic rings. The molecule has 0 saturated carbocycles. The molecule has 21 heavy (non-hydrogen) atoms. The third kappa shape index (κ3) is 3.00. The van der Waals surface area contributed by atoms with Crippen LogP contribution in [0.25, 0.3) is 0 Å². The number of hydrogen-bond donors (Lipinski definition) is 1. The van der Waals surface area contributed by atoms with E-state index in [2.05, 4.69) is 0 Å². The standard InChI is InChI=1S/C15H12O4S.ClH/c16-15(17)9-19-12-5-3-7-14-11(12)8-10-4-1-2-6-13(10)20(14)18;/h1-7H,8-9H2,(H,16,17);1H. The second-order valence-electron chi connectivity index (χ2n) is 4.47. The van der Waals surface area contributed by atoms with Gasteiger partial charge in [0, 0.05) is 23.2 Å². The molecule has 1 heterocycles. The van der Waals surface area contributed by atoms with Gasteiger partial charge in [0.05, 0.1) is 5.56 Å². The van der Waals surface area contributed by atoms with Gasteiger partial charge in [-0.15, -0.1) is 12.4 Å². The summed E-state index contributed by atoms with van der Waals surface area (Å²) in [7, 11) is 0. The topological polar surface area (TPSA) is 69.6 Å². The van der Waals surface area contributed by atoms with Crippen LogP contribution in [0.15, 0.2) is 52.3 Å². The Morgan fingerprint density at radius 2 is 1.90 bits per heavy atom. The average molecular weight is 325 g/mol. The molecule has 6 heteroatoms. The van der Waals surface area contributed by atoms with Gasteiger partial charge in [-0.25, -0.2) is 4.79 Å².